The molecule has 3 N–H and O–H groups in total. The van der Waals surface area contributed by atoms with Gasteiger partial charge in [-0.15, -0.1) is 0 Å². The largest absolute Gasteiger partial charge is 0.450 e. The lowest BCUT2D eigenvalue weighted by Crippen LogP contribution is -2.58. The second-order valence-corrected chi connectivity index (χ2v) is 16.5. The molecule has 0 bridgehead atoms. The molecule has 15 nitrogen and oxygen atoms in total. The number of halogens is 1. The number of sulfonamides is 1. The fourth-order valence-corrected chi connectivity index (χ4v) is 8.24. The molecule has 0 aromatic heterocycles. The second-order valence-electron chi connectivity index (χ2n) is 14.5. The van der Waals surface area contributed by atoms with E-state index in [4.69, 9.17) is 9.47 Å². The first-order chi connectivity index (χ1) is 25.1. The first-order valence-electron chi connectivity index (χ1n) is 18.1. The molecule has 1 aromatic carbocycles. The first kappa shape index (κ1) is 39.7. The topological polar surface area (TPSA) is 198 Å². The van der Waals surface area contributed by atoms with Crippen molar-refractivity contribution in [2.24, 2.45) is 5.92 Å². The van der Waals surface area contributed by atoms with Crippen molar-refractivity contribution >= 4 is 45.7 Å². The van der Waals surface area contributed by atoms with Gasteiger partial charge in [0, 0.05) is 24.9 Å². The third kappa shape index (κ3) is 9.34. The molecule has 290 valence electrons. The van der Waals surface area contributed by atoms with Crippen LogP contribution >= 0.6 is 0 Å². The Balaban J connectivity index is 1.38. The SMILES string of the molecule is CCCCOC(=O)N[C@@H](CC(=O)C=C(C)C)C(=O)N1C[C@H](OC(=O)N2Cc3cccc(F)c3C2)C[C@H]1C(=O)N[C@@]1(C(=O)NS(=O)(=O)C2CC2)C[C@@H]1CC. The molecule has 0 spiro atoms. The van der Waals surface area contributed by atoms with Crippen molar-refractivity contribution in [2.75, 3.05) is 13.2 Å². The number of likely N-dealkylation sites (tertiary alicyclic amines) is 1. The molecule has 3 fully saturated rings. The molecule has 53 heavy (non-hydrogen) atoms. The van der Waals surface area contributed by atoms with Crippen molar-refractivity contribution in [1.29, 1.82) is 0 Å². The highest BCUT2D eigenvalue weighted by Gasteiger charge is 2.62. The van der Waals surface area contributed by atoms with Crippen LogP contribution < -0.4 is 15.4 Å². The van der Waals surface area contributed by atoms with Gasteiger partial charge in [-0.25, -0.2) is 22.4 Å². The van der Waals surface area contributed by atoms with Gasteiger partial charge in [0.15, 0.2) is 5.78 Å². The highest BCUT2D eigenvalue weighted by Crippen LogP contribution is 2.47. The predicted octanol–water partition coefficient (Wildman–Crippen LogP) is 2.96. The van der Waals surface area contributed by atoms with E-state index in [1.807, 2.05) is 6.92 Å². The molecule has 0 radical (unpaired) electrons. The Hall–Kier alpha value is -4.54. The number of hydrogen-bond donors (Lipinski definition) is 3. The van der Waals surface area contributed by atoms with Crippen molar-refractivity contribution in [1.82, 2.24) is 25.2 Å². The summed E-state index contributed by atoms with van der Waals surface area (Å²) in [6.07, 6.45) is 0.591. The fraction of sp³-hybridized carbons (Fsp3) is 0.611. The van der Waals surface area contributed by atoms with E-state index in [1.54, 1.807) is 26.8 Å². The van der Waals surface area contributed by atoms with Crippen LogP contribution in [0.3, 0.4) is 0 Å². The predicted molar refractivity (Wildman–Crippen MR) is 188 cm³/mol. The summed E-state index contributed by atoms with van der Waals surface area (Å²) in [5.74, 6) is -3.83. The monoisotopic (exact) mass is 761 g/mol. The maximum atomic E-state index is 14.4. The molecule has 0 unspecified atom stereocenters. The number of nitrogens with one attached hydrogen (secondary N) is 3. The highest BCUT2D eigenvalue weighted by atomic mass is 32.2. The van der Waals surface area contributed by atoms with Crippen molar-refractivity contribution in [2.45, 2.75) is 121 Å². The Morgan fingerprint density at radius 3 is 2.45 bits per heavy atom. The van der Waals surface area contributed by atoms with Crippen molar-refractivity contribution < 1.29 is 51.0 Å². The molecular weight excluding hydrogens is 713 g/mol. The maximum Gasteiger partial charge on any atom is 0.410 e. The van der Waals surface area contributed by atoms with Crippen LogP contribution in [0.5, 0.6) is 0 Å². The minimum atomic E-state index is -3.93. The number of ketones is 1. The van der Waals surface area contributed by atoms with Crippen LogP contribution in [0.4, 0.5) is 14.0 Å². The molecule has 17 heteroatoms. The smallest absolute Gasteiger partial charge is 0.410 e. The van der Waals surface area contributed by atoms with E-state index in [0.717, 1.165) is 11.3 Å². The van der Waals surface area contributed by atoms with E-state index in [1.165, 1.54) is 23.1 Å². The van der Waals surface area contributed by atoms with Gasteiger partial charge < -0.3 is 25.0 Å². The Kier molecular flexibility index (Phi) is 12.1. The standard InChI is InChI=1S/C36H48FN5O10S/c1-5-7-13-51-34(47)38-29(15-24(43)14-21(3)4)32(45)42-19-25(52-35(48)41-18-22-9-8-10-28(37)27(22)20-41)16-30(42)31(44)39-36(17-23(36)6-2)33(46)40-53(49,50)26-11-12-26/h8-10,14,23,25-26,29-30H,5-7,11-13,15-20H2,1-4H3,(H,38,47)(H,39,44)(H,40,46)/t23-,25+,29-,30-,36-/m0/s1. The zero-order valence-electron chi connectivity index (χ0n) is 30.4. The number of hydrogen-bond acceptors (Lipinski definition) is 10. The molecule has 5 rings (SSSR count). The number of carbonyl (C=O) groups is 6. The number of nitrogens with zero attached hydrogens (tertiary/aromatic N) is 2. The van der Waals surface area contributed by atoms with E-state index in [0.29, 0.717) is 42.4 Å². The number of fused-ring (bicyclic) bond motifs is 1. The van der Waals surface area contributed by atoms with Crippen LogP contribution in [0.25, 0.3) is 0 Å². The minimum absolute atomic E-state index is 0.0431. The number of alkyl carbamates (subject to hydrolysis) is 1. The quantitative estimate of drug-likeness (QED) is 0.177. The molecule has 5 atom stereocenters. The Bertz CT molecular complexity index is 1780. The number of rotatable bonds is 15. The molecule has 2 heterocycles. The summed E-state index contributed by atoms with van der Waals surface area (Å²) in [7, 11) is -3.93. The van der Waals surface area contributed by atoms with Crippen molar-refractivity contribution in [3.63, 3.8) is 0 Å². The van der Waals surface area contributed by atoms with Gasteiger partial charge in [0.2, 0.25) is 21.8 Å². The lowest BCUT2D eigenvalue weighted by atomic mass is 10.1. The lowest BCUT2D eigenvalue weighted by molar-refractivity contribution is -0.141. The van der Waals surface area contributed by atoms with Crippen LogP contribution in [0, 0.1) is 11.7 Å². The molecule has 1 saturated heterocycles. The Morgan fingerprint density at radius 2 is 1.83 bits per heavy atom. The number of benzene rings is 1. The van der Waals surface area contributed by atoms with Crippen LogP contribution in [0.15, 0.2) is 29.8 Å². The first-order valence-corrected chi connectivity index (χ1v) is 19.6. The summed E-state index contributed by atoms with van der Waals surface area (Å²) < 4.78 is 52.8. The normalized spacial score (nSPS) is 23.7. The number of carbonyl (C=O) groups excluding carboxylic acids is 6. The van der Waals surface area contributed by atoms with Gasteiger partial charge >= 0.3 is 12.2 Å². The van der Waals surface area contributed by atoms with Crippen LogP contribution in [0.1, 0.15) is 90.2 Å². The summed E-state index contributed by atoms with van der Waals surface area (Å²) in [4.78, 5) is 83.2. The van der Waals surface area contributed by atoms with Gasteiger partial charge in [0.1, 0.15) is 29.5 Å². The summed E-state index contributed by atoms with van der Waals surface area (Å²) in [6, 6.07) is 1.70. The molecule has 4 aliphatic rings. The van der Waals surface area contributed by atoms with Gasteiger partial charge in [-0.1, -0.05) is 44.4 Å². The fourth-order valence-electron chi connectivity index (χ4n) is 6.87. The molecule has 5 amide bonds. The van der Waals surface area contributed by atoms with Gasteiger partial charge in [-0.05, 0) is 63.2 Å². The summed E-state index contributed by atoms with van der Waals surface area (Å²) in [5.41, 5.74) is 0.0737. The lowest BCUT2D eigenvalue weighted by Gasteiger charge is -2.29. The van der Waals surface area contributed by atoms with Gasteiger partial charge in [-0.2, -0.15) is 0 Å². The van der Waals surface area contributed by atoms with Crippen LogP contribution in [-0.2, 0) is 51.8 Å². The Labute approximate surface area is 308 Å². The van der Waals surface area contributed by atoms with Crippen molar-refractivity contribution in [3.05, 3.63) is 46.8 Å². The molecule has 1 aromatic rings. The zero-order chi connectivity index (χ0) is 38.7. The Morgan fingerprint density at radius 1 is 1.09 bits per heavy atom. The minimum Gasteiger partial charge on any atom is -0.450 e. The number of amides is 5. The molecule has 2 aliphatic carbocycles. The van der Waals surface area contributed by atoms with E-state index in [2.05, 4.69) is 15.4 Å². The average molecular weight is 762 g/mol. The average Bonchev–Trinajstić information content (AvgIpc) is 3.98. The number of ether oxygens (including phenoxy) is 2. The van der Waals surface area contributed by atoms with E-state index >= 15 is 0 Å². The van der Waals surface area contributed by atoms with E-state index in [-0.39, 0.29) is 45.0 Å². The van der Waals surface area contributed by atoms with Crippen molar-refractivity contribution in [3.8, 4) is 0 Å². The van der Waals surface area contributed by atoms with E-state index < -0.39 is 86.9 Å². The van der Waals surface area contributed by atoms with Gasteiger partial charge in [-0.3, -0.25) is 28.8 Å². The highest BCUT2D eigenvalue weighted by molar-refractivity contribution is 7.91. The summed E-state index contributed by atoms with van der Waals surface area (Å²) in [6.45, 7) is 6.88. The zero-order valence-corrected chi connectivity index (χ0v) is 31.3. The number of allylic oxidation sites excluding steroid dienone is 2. The second kappa shape index (κ2) is 16.2. The summed E-state index contributed by atoms with van der Waals surface area (Å²) >= 11 is 0. The summed E-state index contributed by atoms with van der Waals surface area (Å²) in [5, 5.41) is 4.49. The number of unbranched alkanes of at least 4 members (excludes halogenated alkanes) is 1. The third-order valence-corrected chi connectivity index (χ3v) is 11.8. The van der Waals surface area contributed by atoms with Gasteiger partial charge in [0.05, 0.1) is 24.9 Å². The van der Waals surface area contributed by atoms with E-state index in [9.17, 15) is 41.6 Å². The maximum absolute atomic E-state index is 14.4. The van der Waals surface area contributed by atoms with Crippen LogP contribution in [0.2, 0.25) is 0 Å². The molecule has 2 aliphatic heterocycles. The molecule has 2 saturated carbocycles. The van der Waals surface area contributed by atoms with Crippen LogP contribution in [-0.4, -0.2) is 96.0 Å². The third-order valence-electron chi connectivity index (χ3n) is 10.0. The molecular formula is C36H48FN5O10S. The van der Waals surface area contributed by atoms with Gasteiger partial charge in [0.25, 0.3) is 5.91 Å².